The first-order chi connectivity index (χ1) is 13.6. The Balaban J connectivity index is 1.24. The summed E-state index contributed by atoms with van der Waals surface area (Å²) in [5.41, 5.74) is 3.30. The van der Waals surface area contributed by atoms with E-state index in [9.17, 15) is 4.79 Å². The zero-order valence-electron chi connectivity index (χ0n) is 15.9. The molecule has 1 N–H and O–H groups in total. The van der Waals surface area contributed by atoms with Crippen molar-refractivity contribution in [3.05, 3.63) is 53.6 Å². The number of fused-ring (bicyclic) bond motifs is 2. The molecule has 0 bridgehead atoms. The molecule has 0 aliphatic carbocycles. The number of aromatic nitrogens is 1. The predicted molar refractivity (Wildman–Crippen MR) is 112 cm³/mol. The molecule has 2 amide bonds. The zero-order valence-corrected chi connectivity index (χ0v) is 16.7. The maximum Gasteiger partial charge on any atom is 0.323 e. The lowest BCUT2D eigenvalue weighted by atomic mass is 9.82. The van der Waals surface area contributed by atoms with E-state index in [-0.39, 0.29) is 11.6 Å². The van der Waals surface area contributed by atoms with Gasteiger partial charge in [0, 0.05) is 25.9 Å². The molecule has 1 saturated heterocycles. The smallest absolute Gasteiger partial charge is 0.323 e. The number of anilines is 1. The lowest BCUT2D eigenvalue weighted by Crippen LogP contribution is -2.52. The minimum absolute atomic E-state index is 0.0682. The van der Waals surface area contributed by atoms with Crippen molar-refractivity contribution in [2.75, 3.05) is 18.4 Å². The molecule has 144 valence electrons. The third kappa shape index (κ3) is 3.11. The fourth-order valence-electron chi connectivity index (χ4n) is 4.25. The van der Waals surface area contributed by atoms with Gasteiger partial charge in [-0.15, -0.1) is 0 Å². The normalized spacial score (nSPS) is 18.0. The number of nitrogens with one attached hydrogen (secondary N) is 1. The summed E-state index contributed by atoms with van der Waals surface area (Å²) < 4.78 is 7.59. The maximum atomic E-state index is 12.7. The molecule has 3 heterocycles. The van der Waals surface area contributed by atoms with Crippen molar-refractivity contribution >= 4 is 32.7 Å². The van der Waals surface area contributed by atoms with Gasteiger partial charge in [-0.25, -0.2) is 9.78 Å². The Morgan fingerprint density at radius 3 is 2.79 bits per heavy atom. The molecule has 0 atom stereocenters. The third-order valence-electron chi connectivity index (χ3n) is 5.93. The Morgan fingerprint density at radius 2 is 1.96 bits per heavy atom. The molecule has 1 spiro atoms. The number of aryl methyl sites for hydroxylation is 2. The molecule has 3 aromatic rings. The molecule has 1 aromatic heterocycles. The minimum Gasteiger partial charge on any atom is -0.487 e. The summed E-state index contributed by atoms with van der Waals surface area (Å²) in [5.74, 6) is 1.06. The number of carbonyl (C=O) groups is 1. The Hall–Kier alpha value is -2.60. The molecular weight excluding hydrogens is 370 g/mol. The molecule has 0 unspecified atom stereocenters. The van der Waals surface area contributed by atoms with E-state index < -0.39 is 0 Å². The topological polar surface area (TPSA) is 54.5 Å². The number of hydrogen-bond acceptors (Lipinski definition) is 4. The van der Waals surface area contributed by atoms with Gasteiger partial charge in [-0.05, 0) is 43.0 Å². The predicted octanol–water partition coefficient (Wildman–Crippen LogP) is 5.00. The number of amides is 2. The molecule has 2 aromatic carbocycles. The maximum absolute atomic E-state index is 12.7. The quantitative estimate of drug-likeness (QED) is 0.633. The van der Waals surface area contributed by atoms with Gasteiger partial charge in [0.1, 0.15) is 11.4 Å². The van der Waals surface area contributed by atoms with Crippen molar-refractivity contribution < 1.29 is 9.53 Å². The van der Waals surface area contributed by atoms with Gasteiger partial charge < -0.3 is 9.64 Å². The van der Waals surface area contributed by atoms with Crippen LogP contribution in [-0.4, -0.2) is 34.6 Å². The number of benzene rings is 2. The van der Waals surface area contributed by atoms with Gasteiger partial charge in [0.25, 0.3) is 0 Å². The highest BCUT2D eigenvalue weighted by molar-refractivity contribution is 7.22. The van der Waals surface area contributed by atoms with Gasteiger partial charge in [-0.1, -0.05) is 41.7 Å². The number of likely N-dealkylation sites (tertiary alicyclic amines) is 1. The Labute approximate surface area is 168 Å². The van der Waals surface area contributed by atoms with Crippen LogP contribution in [0.5, 0.6) is 5.75 Å². The molecular formula is C22H23N3O2S. The van der Waals surface area contributed by atoms with E-state index in [4.69, 9.17) is 4.74 Å². The van der Waals surface area contributed by atoms with Crippen molar-refractivity contribution in [2.24, 2.45) is 0 Å². The highest BCUT2D eigenvalue weighted by Gasteiger charge is 2.40. The number of ether oxygens (including phenoxy) is 1. The average molecular weight is 394 g/mol. The molecule has 1 fully saturated rings. The molecule has 0 saturated carbocycles. The summed E-state index contributed by atoms with van der Waals surface area (Å²) in [6, 6.07) is 14.2. The largest absolute Gasteiger partial charge is 0.487 e. The summed E-state index contributed by atoms with van der Waals surface area (Å²) in [7, 11) is 0. The fourth-order valence-corrected chi connectivity index (χ4v) is 5.11. The first-order valence-corrected chi connectivity index (χ1v) is 10.6. The number of piperidine rings is 1. The number of thiazole rings is 1. The van der Waals surface area contributed by atoms with E-state index in [1.807, 2.05) is 29.2 Å². The van der Waals surface area contributed by atoms with Crippen LogP contribution in [0.15, 0.2) is 42.5 Å². The zero-order chi connectivity index (χ0) is 19.1. The van der Waals surface area contributed by atoms with Crippen molar-refractivity contribution in [3.63, 3.8) is 0 Å². The number of carbonyl (C=O) groups excluding carboxylic acids is 1. The molecule has 2 aliphatic heterocycles. The van der Waals surface area contributed by atoms with Crippen molar-refractivity contribution in [1.82, 2.24) is 9.88 Å². The second-order valence-electron chi connectivity index (χ2n) is 7.75. The highest BCUT2D eigenvalue weighted by atomic mass is 32.1. The summed E-state index contributed by atoms with van der Waals surface area (Å²) >= 11 is 1.51. The fraction of sp³-hybridized carbons (Fsp3) is 0.364. The van der Waals surface area contributed by atoms with Gasteiger partial charge in [-0.2, -0.15) is 0 Å². The van der Waals surface area contributed by atoms with Gasteiger partial charge >= 0.3 is 6.03 Å². The van der Waals surface area contributed by atoms with Crippen LogP contribution in [0.2, 0.25) is 0 Å². The monoisotopic (exact) mass is 393 g/mol. The Bertz CT molecular complexity index is 1000. The van der Waals surface area contributed by atoms with E-state index in [0.717, 1.165) is 41.6 Å². The number of rotatable bonds is 1. The molecule has 28 heavy (non-hydrogen) atoms. The summed E-state index contributed by atoms with van der Waals surface area (Å²) in [6.45, 7) is 3.52. The van der Waals surface area contributed by atoms with E-state index in [1.54, 1.807) is 0 Å². The second-order valence-corrected chi connectivity index (χ2v) is 8.78. The number of urea groups is 1. The third-order valence-corrected chi connectivity index (χ3v) is 6.88. The molecule has 0 radical (unpaired) electrons. The lowest BCUT2D eigenvalue weighted by Gasteiger charge is -2.44. The van der Waals surface area contributed by atoms with Crippen LogP contribution in [0.4, 0.5) is 9.93 Å². The Morgan fingerprint density at radius 1 is 1.14 bits per heavy atom. The van der Waals surface area contributed by atoms with Crippen LogP contribution in [0, 0.1) is 6.92 Å². The molecule has 6 heteroatoms. The van der Waals surface area contributed by atoms with Crippen molar-refractivity contribution in [2.45, 2.75) is 38.2 Å². The summed E-state index contributed by atoms with van der Waals surface area (Å²) in [5, 5.41) is 3.63. The van der Waals surface area contributed by atoms with Crippen molar-refractivity contribution in [1.29, 1.82) is 0 Å². The molecule has 5 rings (SSSR count). The van der Waals surface area contributed by atoms with E-state index >= 15 is 0 Å². The van der Waals surface area contributed by atoms with Crippen LogP contribution < -0.4 is 10.1 Å². The van der Waals surface area contributed by atoms with Crippen molar-refractivity contribution in [3.8, 4) is 5.75 Å². The lowest BCUT2D eigenvalue weighted by molar-refractivity contribution is -0.00493. The van der Waals surface area contributed by atoms with Crippen LogP contribution in [-0.2, 0) is 6.42 Å². The Kier molecular flexibility index (Phi) is 4.23. The van der Waals surface area contributed by atoms with Gasteiger partial charge in [0.2, 0.25) is 0 Å². The van der Waals surface area contributed by atoms with Crippen LogP contribution >= 0.6 is 11.3 Å². The minimum atomic E-state index is -0.133. The van der Waals surface area contributed by atoms with Gasteiger partial charge in [0.15, 0.2) is 5.13 Å². The summed E-state index contributed by atoms with van der Waals surface area (Å²) in [6.07, 6.45) is 3.81. The first-order valence-electron chi connectivity index (χ1n) is 9.81. The van der Waals surface area contributed by atoms with Crippen LogP contribution in [0.25, 0.3) is 10.2 Å². The number of hydrogen-bond donors (Lipinski definition) is 1. The van der Waals surface area contributed by atoms with E-state index in [0.29, 0.717) is 18.2 Å². The number of nitrogens with zero attached hydrogens (tertiary/aromatic N) is 2. The van der Waals surface area contributed by atoms with E-state index in [2.05, 4.69) is 35.4 Å². The summed E-state index contributed by atoms with van der Waals surface area (Å²) in [4.78, 5) is 19.1. The SMILES string of the molecule is Cc1cccc2c1OC1(CC2)CCN(C(=O)Nc2nc3ccccc3s2)CC1. The van der Waals surface area contributed by atoms with Crippen LogP contribution in [0.3, 0.4) is 0 Å². The average Bonchev–Trinajstić information content (AvgIpc) is 3.11. The first kappa shape index (κ1) is 17.5. The molecule has 2 aliphatic rings. The van der Waals surface area contributed by atoms with Gasteiger partial charge in [0.05, 0.1) is 10.2 Å². The van der Waals surface area contributed by atoms with Crippen LogP contribution in [0.1, 0.15) is 30.4 Å². The standard InChI is InChI=1S/C22H23N3O2S/c1-15-5-4-6-16-9-10-22(27-19(15)16)11-13-25(14-12-22)21(26)24-20-23-17-7-2-3-8-18(17)28-20/h2-8H,9-14H2,1H3,(H,23,24,26). The number of para-hydroxylation sites is 2. The highest BCUT2D eigenvalue weighted by Crippen LogP contribution is 2.41. The molecule has 5 nitrogen and oxygen atoms in total. The second kappa shape index (κ2) is 6.78. The van der Waals surface area contributed by atoms with Gasteiger partial charge in [-0.3, -0.25) is 5.32 Å². The van der Waals surface area contributed by atoms with E-state index in [1.165, 1.54) is 22.5 Å².